The number of esters is 1. The maximum atomic E-state index is 12.2. The van der Waals surface area contributed by atoms with Gasteiger partial charge in [0.15, 0.2) is 11.0 Å². The molecule has 0 saturated heterocycles. The summed E-state index contributed by atoms with van der Waals surface area (Å²) in [5.41, 5.74) is 5.54. The quantitative estimate of drug-likeness (QED) is 0.146. The number of nitrogens with one attached hydrogen (secondary N) is 1. The number of ether oxygens (including phenoxy) is 1. The highest BCUT2D eigenvalue weighted by atomic mass is 79.9. The molecule has 1 amide bonds. The zero-order chi connectivity index (χ0) is 23.8. The second kappa shape index (κ2) is 11.6. The second-order valence-corrected chi connectivity index (χ2v) is 8.91. The van der Waals surface area contributed by atoms with Crippen LogP contribution in [-0.2, 0) is 16.1 Å². The smallest absolute Gasteiger partial charge is 0.337 e. The number of hydrogen-bond acceptors (Lipinski definition) is 7. The molecule has 0 aliphatic heterocycles. The number of halogens is 1. The third-order valence-electron chi connectivity index (χ3n) is 4.31. The first kappa shape index (κ1) is 24.4. The normalized spacial score (nSPS) is 10.9. The summed E-state index contributed by atoms with van der Waals surface area (Å²) in [6.45, 7) is 6.46. The number of allylic oxidation sites excluding steroid dienone is 1. The number of hydrogen-bond donors (Lipinski definition) is 1. The summed E-state index contributed by atoms with van der Waals surface area (Å²) < 4.78 is 7.58. The van der Waals surface area contributed by atoms with Gasteiger partial charge >= 0.3 is 5.97 Å². The molecule has 0 spiro atoms. The van der Waals surface area contributed by atoms with E-state index in [-0.39, 0.29) is 11.7 Å². The van der Waals surface area contributed by atoms with E-state index in [9.17, 15) is 9.59 Å². The molecule has 0 atom stereocenters. The van der Waals surface area contributed by atoms with Crippen LogP contribution in [0, 0.1) is 0 Å². The molecule has 0 unspecified atom stereocenters. The number of rotatable bonds is 9. The van der Waals surface area contributed by atoms with Crippen LogP contribution in [0.5, 0.6) is 0 Å². The van der Waals surface area contributed by atoms with Crippen molar-refractivity contribution < 1.29 is 14.3 Å². The molecule has 0 aliphatic carbocycles. The highest BCUT2D eigenvalue weighted by Crippen LogP contribution is 2.26. The largest absolute Gasteiger partial charge is 0.465 e. The minimum atomic E-state index is -0.411. The van der Waals surface area contributed by atoms with Crippen LogP contribution in [0.4, 0.5) is 0 Å². The minimum Gasteiger partial charge on any atom is -0.465 e. The van der Waals surface area contributed by atoms with E-state index in [4.69, 9.17) is 0 Å². The summed E-state index contributed by atoms with van der Waals surface area (Å²) in [4.78, 5) is 23.7. The zero-order valence-electron chi connectivity index (χ0n) is 18.1. The van der Waals surface area contributed by atoms with Crippen molar-refractivity contribution in [2.24, 2.45) is 5.10 Å². The lowest BCUT2D eigenvalue weighted by Crippen LogP contribution is -2.20. The number of nitrogens with zero attached hydrogens (tertiary/aromatic N) is 4. The van der Waals surface area contributed by atoms with Crippen molar-refractivity contribution in [2.75, 3.05) is 12.9 Å². The standard InChI is InChI=1S/C23H22BrN5O3S/c1-15(2)13-29-21(17-8-10-19(24)11-9-17)27-28-23(29)33-14-20(30)26-25-12-16-4-6-18(7-5-16)22(31)32-3/h4-12H,1,13-14H2,2-3H3,(H,26,30)/b25-12-. The number of carbonyl (C=O) groups is 2. The summed E-state index contributed by atoms with van der Waals surface area (Å²) in [6.07, 6.45) is 1.50. The van der Waals surface area contributed by atoms with Crippen LogP contribution in [0.3, 0.4) is 0 Å². The van der Waals surface area contributed by atoms with Crippen LogP contribution >= 0.6 is 27.7 Å². The Morgan fingerprint density at radius 3 is 2.52 bits per heavy atom. The maximum absolute atomic E-state index is 12.2. The van der Waals surface area contributed by atoms with E-state index in [1.807, 2.05) is 35.8 Å². The molecule has 3 rings (SSSR count). The van der Waals surface area contributed by atoms with Gasteiger partial charge in [0.05, 0.1) is 24.6 Å². The fraction of sp³-hybridized carbons (Fsp3) is 0.174. The summed E-state index contributed by atoms with van der Waals surface area (Å²) in [5.74, 6) is 0.138. The van der Waals surface area contributed by atoms with Crippen LogP contribution in [0.1, 0.15) is 22.8 Å². The molecule has 10 heteroatoms. The van der Waals surface area contributed by atoms with Gasteiger partial charge in [0, 0.05) is 16.6 Å². The number of hydrazone groups is 1. The molecule has 8 nitrogen and oxygen atoms in total. The lowest BCUT2D eigenvalue weighted by atomic mass is 10.1. The van der Waals surface area contributed by atoms with Crippen LogP contribution in [0.15, 0.2) is 75.4 Å². The predicted molar refractivity (Wildman–Crippen MR) is 132 cm³/mol. The van der Waals surface area contributed by atoms with Gasteiger partial charge in [-0.25, -0.2) is 10.2 Å². The van der Waals surface area contributed by atoms with E-state index in [2.05, 4.69) is 48.0 Å². The third-order valence-corrected chi connectivity index (χ3v) is 5.81. The van der Waals surface area contributed by atoms with E-state index in [0.717, 1.165) is 21.2 Å². The Bertz CT molecular complexity index is 1170. The first-order chi connectivity index (χ1) is 15.9. The molecule has 0 bridgehead atoms. The Morgan fingerprint density at radius 1 is 1.18 bits per heavy atom. The molecular formula is C23H22BrN5O3S. The number of amides is 1. The topological polar surface area (TPSA) is 98.5 Å². The minimum absolute atomic E-state index is 0.118. The van der Waals surface area contributed by atoms with E-state index in [0.29, 0.717) is 23.1 Å². The first-order valence-corrected chi connectivity index (χ1v) is 11.6. The van der Waals surface area contributed by atoms with Crippen LogP contribution in [-0.4, -0.2) is 45.7 Å². The van der Waals surface area contributed by atoms with E-state index < -0.39 is 5.97 Å². The molecule has 1 heterocycles. The first-order valence-electron chi connectivity index (χ1n) is 9.84. The fourth-order valence-electron chi connectivity index (χ4n) is 2.78. The Kier molecular flexibility index (Phi) is 8.56. The van der Waals surface area contributed by atoms with Gasteiger partial charge in [-0.2, -0.15) is 5.10 Å². The van der Waals surface area contributed by atoms with Crippen LogP contribution < -0.4 is 5.43 Å². The number of benzene rings is 2. The predicted octanol–water partition coefficient (Wildman–Crippen LogP) is 4.31. The van der Waals surface area contributed by atoms with Crippen molar-refractivity contribution in [1.82, 2.24) is 20.2 Å². The Labute approximate surface area is 204 Å². The molecule has 33 heavy (non-hydrogen) atoms. The van der Waals surface area contributed by atoms with E-state index in [1.165, 1.54) is 25.1 Å². The molecule has 170 valence electrons. The molecule has 0 radical (unpaired) electrons. The molecule has 0 saturated carbocycles. The average Bonchev–Trinajstić information content (AvgIpc) is 3.19. The van der Waals surface area contributed by atoms with Crippen LogP contribution in [0.2, 0.25) is 0 Å². The molecule has 0 fully saturated rings. The number of aromatic nitrogens is 3. The highest BCUT2D eigenvalue weighted by molar-refractivity contribution is 9.10. The summed E-state index contributed by atoms with van der Waals surface area (Å²) in [5, 5.41) is 13.2. The molecule has 0 aliphatic rings. The van der Waals surface area contributed by atoms with Gasteiger partial charge < -0.3 is 4.74 Å². The highest BCUT2D eigenvalue weighted by Gasteiger charge is 2.16. The van der Waals surface area contributed by atoms with Crippen LogP contribution in [0.25, 0.3) is 11.4 Å². The zero-order valence-corrected chi connectivity index (χ0v) is 20.5. The Balaban J connectivity index is 1.61. The molecule has 1 N–H and O–H groups in total. The lowest BCUT2D eigenvalue weighted by Gasteiger charge is -2.10. The number of methoxy groups -OCH3 is 1. The molecule has 2 aromatic carbocycles. The maximum Gasteiger partial charge on any atom is 0.337 e. The van der Waals surface area contributed by atoms with Crippen molar-refractivity contribution in [3.05, 3.63) is 76.3 Å². The van der Waals surface area contributed by atoms with Gasteiger partial charge in [0.2, 0.25) is 0 Å². The molecular weight excluding hydrogens is 506 g/mol. The van der Waals surface area contributed by atoms with E-state index >= 15 is 0 Å². The van der Waals surface area contributed by atoms with Gasteiger partial charge in [0.25, 0.3) is 5.91 Å². The van der Waals surface area contributed by atoms with Crippen molar-refractivity contribution in [1.29, 1.82) is 0 Å². The summed E-state index contributed by atoms with van der Waals surface area (Å²) >= 11 is 4.71. The molecule has 1 aromatic heterocycles. The second-order valence-electron chi connectivity index (χ2n) is 7.05. The fourth-order valence-corrected chi connectivity index (χ4v) is 3.78. The summed E-state index contributed by atoms with van der Waals surface area (Å²) in [6, 6.07) is 14.5. The van der Waals surface area contributed by atoms with Crippen molar-refractivity contribution in [3.63, 3.8) is 0 Å². The van der Waals surface area contributed by atoms with Gasteiger partial charge in [-0.05, 0) is 36.8 Å². The van der Waals surface area contributed by atoms with E-state index in [1.54, 1.807) is 24.3 Å². The lowest BCUT2D eigenvalue weighted by molar-refractivity contribution is -0.118. The number of carbonyl (C=O) groups excluding carboxylic acids is 2. The van der Waals surface area contributed by atoms with Crippen molar-refractivity contribution >= 4 is 45.8 Å². The van der Waals surface area contributed by atoms with Gasteiger partial charge in [-0.15, -0.1) is 10.2 Å². The monoisotopic (exact) mass is 527 g/mol. The molecule has 3 aromatic rings. The van der Waals surface area contributed by atoms with Crippen molar-refractivity contribution in [3.8, 4) is 11.4 Å². The number of thioether (sulfide) groups is 1. The Hall–Kier alpha value is -3.24. The SMILES string of the molecule is C=C(C)Cn1c(SCC(=O)N/N=C\c2ccc(C(=O)OC)cc2)nnc1-c1ccc(Br)cc1. The average molecular weight is 528 g/mol. The Morgan fingerprint density at radius 2 is 1.88 bits per heavy atom. The van der Waals surface area contributed by atoms with Gasteiger partial charge in [0.1, 0.15) is 0 Å². The van der Waals surface area contributed by atoms with Gasteiger partial charge in [-0.1, -0.05) is 64.1 Å². The third kappa shape index (κ3) is 6.87. The summed E-state index contributed by atoms with van der Waals surface area (Å²) in [7, 11) is 1.33. The van der Waals surface area contributed by atoms with Crippen molar-refractivity contribution in [2.45, 2.75) is 18.6 Å². The van der Waals surface area contributed by atoms with Gasteiger partial charge in [-0.3, -0.25) is 9.36 Å².